The number of esters is 1. The van der Waals surface area contributed by atoms with Gasteiger partial charge < -0.3 is 10.1 Å². The van der Waals surface area contributed by atoms with E-state index in [2.05, 4.69) is 5.32 Å². The molecule has 120 valence electrons. The summed E-state index contributed by atoms with van der Waals surface area (Å²) in [5.41, 5.74) is 0.0908. The van der Waals surface area contributed by atoms with E-state index in [1.54, 1.807) is 18.2 Å². The van der Waals surface area contributed by atoms with Gasteiger partial charge in [0.1, 0.15) is 0 Å². The lowest BCUT2D eigenvalue weighted by Crippen LogP contribution is -2.37. The maximum absolute atomic E-state index is 12.0. The normalized spacial score (nSPS) is 15.9. The predicted octanol–water partition coefficient (Wildman–Crippen LogP) is 3.99. The monoisotopic (exact) mass is 343 g/mol. The zero-order chi connectivity index (χ0) is 15.9. The molecule has 4 nitrogen and oxygen atoms in total. The Morgan fingerprint density at radius 1 is 1.09 bits per heavy atom. The van der Waals surface area contributed by atoms with Gasteiger partial charge in [-0.1, -0.05) is 55.0 Å². The third-order valence-electron chi connectivity index (χ3n) is 3.72. The summed E-state index contributed by atoms with van der Waals surface area (Å²) in [4.78, 5) is 23.8. The number of hydrogen-bond acceptors (Lipinski definition) is 3. The van der Waals surface area contributed by atoms with Crippen LogP contribution in [0.1, 0.15) is 48.9 Å². The fourth-order valence-corrected chi connectivity index (χ4v) is 3.14. The standard InChI is InChI=1S/C16H19Cl2NO3/c17-12-8-5-9-13(18)15(12)16(21)22-10-14(20)19-11-6-3-1-2-4-7-11/h5,8-9,11H,1-4,6-7,10H2,(H,19,20). The van der Waals surface area contributed by atoms with Crippen LogP contribution in [0, 0.1) is 0 Å². The van der Waals surface area contributed by atoms with Crippen LogP contribution in [0.15, 0.2) is 18.2 Å². The van der Waals surface area contributed by atoms with Crippen molar-refractivity contribution in [2.24, 2.45) is 0 Å². The second-order valence-corrected chi connectivity index (χ2v) is 6.24. The minimum atomic E-state index is -0.688. The van der Waals surface area contributed by atoms with Crippen LogP contribution in [-0.2, 0) is 9.53 Å². The molecule has 0 saturated heterocycles. The highest BCUT2D eigenvalue weighted by molar-refractivity contribution is 6.39. The Kier molecular flexibility index (Phi) is 6.52. The van der Waals surface area contributed by atoms with Crippen molar-refractivity contribution < 1.29 is 14.3 Å². The zero-order valence-corrected chi connectivity index (χ0v) is 13.8. The van der Waals surface area contributed by atoms with E-state index in [1.807, 2.05) is 0 Å². The maximum Gasteiger partial charge on any atom is 0.341 e. The van der Waals surface area contributed by atoms with Crippen molar-refractivity contribution in [2.75, 3.05) is 6.61 Å². The average molecular weight is 344 g/mol. The first kappa shape index (κ1) is 17.1. The molecule has 0 atom stereocenters. The number of hydrogen-bond donors (Lipinski definition) is 1. The number of halogens is 2. The number of rotatable bonds is 4. The number of ether oxygens (including phenoxy) is 1. The molecule has 0 unspecified atom stereocenters. The van der Waals surface area contributed by atoms with Gasteiger partial charge in [0.25, 0.3) is 5.91 Å². The van der Waals surface area contributed by atoms with Gasteiger partial charge in [-0.2, -0.15) is 0 Å². The van der Waals surface area contributed by atoms with Crippen LogP contribution in [0.3, 0.4) is 0 Å². The highest BCUT2D eigenvalue weighted by atomic mass is 35.5. The molecule has 1 N–H and O–H groups in total. The Hall–Kier alpha value is -1.26. The van der Waals surface area contributed by atoms with Crippen LogP contribution in [-0.4, -0.2) is 24.5 Å². The summed E-state index contributed by atoms with van der Waals surface area (Å²) in [6, 6.07) is 4.92. The number of carbonyl (C=O) groups excluding carboxylic acids is 2. The Morgan fingerprint density at radius 2 is 1.68 bits per heavy atom. The van der Waals surface area contributed by atoms with Crippen molar-refractivity contribution in [2.45, 2.75) is 44.6 Å². The van der Waals surface area contributed by atoms with Crippen molar-refractivity contribution in [1.82, 2.24) is 5.32 Å². The molecule has 1 saturated carbocycles. The molecule has 1 aliphatic rings. The molecule has 0 bridgehead atoms. The Labute approximate surface area is 140 Å². The summed E-state index contributed by atoms with van der Waals surface area (Å²) in [6.07, 6.45) is 6.64. The molecule has 1 aliphatic carbocycles. The number of benzene rings is 1. The van der Waals surface area contributed by atoms with Gasteiger partial charge in [0, 0.05) is 6.04 Å². The van der Waals surface area contributed by atoms with Crippen LogP contribution in [0.25, 0.3) is 0 Å². The number of amides is 1. The van der Waals surface area contributed by atoms with E-state index in [0.29, 0.717) is 0 Å². The van der Waals surface area contributed by atoms with E-state index in [4.69, 9.17) is 27.9 Å². The number of nitrogens with one attached hydrogen (secondary N) is 1. The average Bonchev–Trinajstić information content (AvgIpc) is 2.73. The van der Waals surface area contributed by atoms with Crippen LogP contribution in [0.4, 0.5) is 0 Å². The van der Waals surface area contributed by atoms with Gasteiger partial charge in [0.2, 0.25) is 0 Å². The van der Waals surface area contributed by atoms with Crippen LogP contribution in [0.2, 0.25) is 10.0 Å². The highest BCUT2D eigenvalue weighted by Gasteiger charge is 2.19. The Morgan fingerprint density at radius 3 is 2.27 bits per heavy atom. The molecule has 1 fully saturated rings. The predicted molar refractivity (Wildman–Crippen MR) is 86.4 cm³/mol. The minimum absolute atomic E-state index is 0.0908. The van der Waals surface area contributed by atoms with Gasteiger partial charge in [-0.3, -0.25) is 4.79 Å². The van der Waals surface area contributed by atoms with Crippen LogP contribution in [0.5, 0.6) is 0 Å². The molecule has 2 rings (SSSR count). The van der Waals surface area contributed by atoms with E-state index < -0.39 is 5.97 Å². The van der Waals surface area contributed by atoms with Crippen LogP contribution >= 0.6 is 23.2 Å². The maximum atomic E-state index is 12.0. The molecular formula is C16H19Cl2NO3. The number of carbonyl (C=O) groups is 2. The minimum Gasteiger partial charge on any atom is -0.452 e. The lowest BCUT2D eigenvalue weighted by Gasteiger charge is -2.16. The SMILES string of the molecule is O=C(COC(=O)c1c(Cl)cccc1Cl)NC1CCCCCC1. The summed E-state index contributed by atoms with van der Waals surface area (Å²) in [6.45, 7) is -0.323. The molecule has 0 radical (unpaired) electrons. The largest absolute Gasteiger partial charge is 0.452 e. The molecule has 0 aliphatic heterocycles. The fourth-order valence-electron chi connectivity index (χ4n) is 2.59. The van der Waals surface area contributed by atoms with E-state index in [0.717, 1.165) is 25.7 Å². The van der Waals surface area contributed by atoms with E-state index >= 15 is 0 Å². The molecule has 0 heterocycles. The second-order valence-electron chi connectivity index (χ2n) is 5.43. The van der Waals surface area contributed by atoms with Gasteiger partial charge in [0.05, 0.1) is 15.6 Å². The summed E-state index contributed by atoms with van der Waals surface area (Å²) in [5.74, 6) is -0.977. The third-order valence-corrected chi connectivity index (χ3v) is 4.35. The van der Waals surface area contributed by atoms with Crippen molar-refractivity contribution in [3.63, 3.8) is 0 Å². The highest BCUT2D eigenvalue weighted by Crippen LogP contribution is 2.24. The van der Waals surface area contributed by atoms with Gasteiger partial charge in [-0.05, 0) is 25.0 Å². The van der Waals surface area contributed by atoms with E-state index in [9.17, 15) is 9.59 Å². The van der Waals surface area contributed by atoms with Crippen LogP contribution < -0.4 is 5.32 Å². The summed E-state index contributed by atoms with van der Waals surface area (Å²) in [5, 5.41) is 3.33. The molecule has 22 heavy (non-hydrogen) atoms. The first-order valence-electron chi connectivity index (χ1n) is 7.48. The second kappa shape index (κ2) is 8.39. The van der Waals surface area contributed by atoms with Crippen molar-refractivity contribution in [3.05, 3.63) is 33.8 Å². The van der Waals surface area contributed by atoms with E-state index in [-0.39, 0.29) is 34.2 Å². The molecule has 0 spiro atoms. The molecule has 1 aromatic rings. The topological polar surface area (TPSA) is 55.4 Å². The molecule has 0 aromatic heterocycles. The smallest absolute Gasteiger partial charge is 0.341 e. The quantitative estimate of drug-likeness (QED) is 0.664. The van der Waals surface area contributed by atoms with Crippen molar-refractivity contribution in [1.29, 1.82) is 0 Å². The molecule has 6 heteroatoms. The Balaban J connectivity index is 1.84. The third kappa shape index (κ3) is 4.89. The van der Waals surface area contributed by atoms with E-state index in [1.165, 1.54) is 12.8 Å². The first-order valence-corrected chi connectivity index (χ1v) is 8.24. The van der Waals surface area contributed by atoms with Gasteiger partial charge in [-0.15, -0.1) is 0 Å². The fraction of sp³-hybridized carbons (Fsp3) is 0.500. The molecule has 1 aromatic carbocycles. The van der Waals surface area contributed by atoms with Gasteiger partial charge in [-0.25, -0.2) is 4.79 Å². The first-order chi connectivity index (χ1) is 10.6. The van der Waals surface area contributed by atoms with Gasteiger partial charge in [0.15, 0.2) is 6.61 Å². The van der Waals surface area contributed by atoms with Crippen molar-refractivity contribution >= 4 is 35.1 Å². The lowest BCUT2D eigenvalue weighted by molar-refractivity contribution is -0.125. The summed E-state index contributed by atoms with van der Waals surface area (Å²) >= 11 is 11.9. The van der Waals surface area contributed by atoms with Crippen molar-refractivity contribution in [3.8, 4) is 0 Å². The molecular weight excluding hydrogens is 325 g/mol. The molecule has 1 amide bonds. The Bertz CT molecular complexity index is 520. The lowest BCUT2D eigenvalue weighted by atomic mass is 10.1. The zero-order valence-electron chi connectivity index (χ0n) is 12.2. The summed E-state index contributed by atoms with van der Waals surface area (Å²) < 4.78 is 5.00. The summed E-state index contributed by atoms with van der Waals surface area (Å²) in [7, 11) is 0. The van der Waals surface area contributed by atoms with Gasteiger partial charge >= 0.3 is 5.97 Å².